The molecule has 18 heavy (non-hydrogen) atoms. The molecule has 0 bridgehead atoms. The fourth-order valence-corrected chi connectivity index (χ4v) is 2.30. The summed E-state index contributed by atoms with van der Waals surface area (Å²) in [5.74, 6) is 0.640. The highest BCUT2D eigenvalue weighted by Crippen LogP contribution is 2.28. The Morgan fingerprint density at radius 1 is 1.50 bits per heavy atom. The monoisotopic (exact) mass is 244 g/mol. The minimum atomic E-state index is 0.148. The minimum Gasteiger partial charge on any atom is -0.332 e. The molecule has 0 aromatic carbocycles. The summed E-state index contributed by atoms with van der Waals surface area (Å²) in [7, 11) is 0. The second kappa shape index (κ2) is 5.80. The fourth-order valence-electron chi connectivity index (χ4n) is 2.30. The van der Waals surface area contributed by atoms with E-state index in [2.05, 4.69) is 31.0 Å². The molecule has 1 aliphatic rings. The molecule has 3 heteroatoms. The van der Waals surface area contributed by atoms with Crippen LogP contribution in [0, 0.1) is 5.92 Å². The van der Waals surface area contributed by atoms with Crippen molar-refractivity contribution >= 4 is 5.91 Å². The zero-order chi connectivity index (χ0) is 13.0. The molecule has 2 rings (SSSR count). The van der Waals surface area contributed by atoms with Gasteiger partial charge in [0, 0.05) is 25.4 Å². The quantitative estimate of drug-likeness (QED) is 0.766. The van der Waals surface area contributed by atoms with Gasteiger partial charge in [-0.2, -0.15) is 0 Å². The number of carbonyl (C=O) groups is 1. The molecule has 1 atom stereocenters. The van der Waals surface area contributed by atoms with Gasteiger partial charge in [-0.05, 0) is 24.0 Å². The van der Waals surface area contributed by atoms with Crippen LogP contribution in [0.25, 0.3) is 0 Å². The van der Waals surface area contributed by atoms with Crippen LogP contribution in [0.3, 0.4) is 0 Å². The van der Waals surface area contributed by atoms with Gasteiger partial charge in [0.1, 0.15) is 0 Å². The van der Waals surface area contributed by atoms with Gasteiger partial charge in [0.05, 0.1) is 6.04 Å². The number of rotatable bonds is 3. The summed E-state index contributed by atoms with van der Waals surface area (Å²) in [5.41, 5.74) is 1.12. The van der Waals surface area contributed by atoms with E-state index in [1.165, 1.54) is 0 Å². The molecule has 1 aliphatic heterocycles. The Bertz CT molecular complexity index is 425. The van der Waals surface area contributed by atoms with E-state index in [9.17, 15) is 4.79 Å². The van der Waals surface area contributed by atoms with E-state index < -0.39 is 0 Å². The van der Waals surface area contributed by atoms with Gasteiger partial charge in [0.2, 0.25) is 5.91 Å². The lowest BCUT2D eigenvalue weighted by Gasteiger charge is -2.33. The van der Waals surface area contributed by atoms with Crippen LogP contribution in [0.1, 0.15) is 38.3 Å². The van der Waals surface area contributed by atoms with Gasteiger partial charge in [-0.1, -0.05) is 32.1 Å². The van der Waals surface area contributed by atoms with Crippen LogP contribution in [0.15, 0.2) is 36.7 Å². The van der Waals surface area contributed by atoms with Crippen LogP contribution < -0.4 is 0 Å². The molecular weight excluding hydrogens is 224 g/mol. The average molecular weight is 244 g/mol. The lowest BCUT2D eigenvalue weighted by Crippen LogP contribution is -2.37. The van der Waals surface area contributed by atoms with Crippen molar-refractivity contribution in [2.75, 3.05) is 6.54 Å². The van der Waals surface area contributed by atoms with Gasteiger partial charge in [-0.25, -0.2) is 0 Å². The third-order valence-corrected chi connectivity index (χ3v) is 3.18. The Hall–Kier alpha value is -1.64. The molecule has 1 aromatic rings. The first-order valence-electron chi connectivity index (χ1n) is 6.53. The van der Waals surface area contributed by atoms with Gasteiger partial charge >= 0.3 is 0 Å². The number of hydrogen-bond acceptors (Lipinski definition) is 2. The Kier molecular flexibility index (Phi) is 4.13. The molecule has 2 heterocycles. The number of aromatic nitrogens is 1. The molecule has 0 saturated carbocycles. The standard InChI is InChI=1S/C15H20N2O/c1-12(2)10-15(18)17-9-4-3-7-14(17)13-6-5-8-16-11-13/h3-6,8,11-12,14H,7,9-10H2,1-2H3. The molecule has 0 spiro atoms. The summed E-state index contributed by atoms with van der Waals surface area (Å²) in [5, 5.41) is 0. The van der Waals surface area contributed by atoms with Crippen LogP contribution in [0.5, 0.6) is 0 Å². The summed E-state index contributed by atoms with van der Waals surface area (Å²) < 4.78 is 0. The Morgan fingerprint density at radius 2 is 2.33 bits per heavy atom. The van der Waals surface area contributed by atoms with E-state index in [4.69, 9.17) is 0 Å². The molecule has 0 saturated heterocycles. The smallest absolute Gasteiger partial charge is 0.223 e. The van der Waals surface area contributed by atoms with Crippen molar-refractivity contribution < 1.29 is 4.79 Å². The first kappa shape index (κ1) is 12.8. The SMILES string of the molecule is CC(C)CC(=O)N1CC=CCC1c1cccnc1. The molecule has 1 amide bonds. The van der Waals surface area contributed by atoms with Crippen molar-refractivity contribution in [3.63, 3.8) is 0 Å². The molecular formula is C15H20N2O. The van der Waals surface area contributed by atoms with Crippen molar-refractivity contribution in [3.8, 4) is 0 Å². The van der Waals surface area contributed by atoms with Crippen molar-refractivity contribution in [2.45, 2.75) is 32.7 Å². The Labute approximate surface area is 109 Å². The van der Waals surface area contributed by atoms with Crippen LogP contribution in [0.2, 0.25) is 0 Å². The predicted octanol–water partition coefficient (Wildman–Crippen LogP) is 2.96. The van der Waals surface area contributed by atoms with E-state index in [0.717, 1.165) is 12.0 Å². The second-order valence-corrected chi connectivity index (χ2v) is 5.15. The van der Waals surface area contributed by atoms with Crippen molar-refractivity contribution in [2.24, 2.45) is 5.92 Å². The van der Waals surface area contributed by atoms with Crippen molar-refractivity contribution in [1.82, 2.24) is 9.88 Å². The lowest BCUT2D eigenvalue weighted by atomic mass is 9.99. The maximum Gasteiger partial charge on any atom is 0.223 e. The highest BCUT2D eigenvalue weighted by Gasteiger charge is 2.25. The highest BCUT2D eigenvalue weighted by molar-refractivity contribution is 5.77. The molecule has 0 N–H and O–H groups in total. The summed E-state index contributed by atoms with van der Waals surface area (Å²) >= 11 is 0. The summed E-state index contributed by atoms with van der Waals surface area (Å²) in [6, 6.07) is 4.13. The van der Waals surface area contributed by atoms with Gasteiger partial charge in [-0.3, -0.25) is 9.78 Å². The van der Waals surface area contributed by atoms with E-state index in [-0.39, 0.29) is 11.9 Å². The zero-order valence-corrected chi connectivity index (χ0v) is 11.0. The van der Waals surface area contributed by atoms with Crippen molar-refractivity contribution in [1.29, 1.82) is 0 Å². The lowest BCUT2D eigenvalue weighted by molar-refractivity contribution is -0.134. The first-order valence-corrected chi connectivity index (χ1v) is 6.53. The maximum atomic E-state index is 12.3. The summed E-state index contributed by atoms with van der Waals surface area (Å²) in [6.07, 6.45) is 9.35. The predicted molar refractivity (Wildman–Crippen MR) is 71.9 cm³/mol. The normalized spacial score (nSPS) is 19.3. The molecule has 3 nitrogen and oxygen atoms in total. The molecule has 1 aromatic heterocycles. The average Bonchev–Trinajstić information content (AvgIpc) is 2.39. The third-order valence-electron chi connectivity index (χ3n) is 3.18. The molecule has 0 radical (unpaired) electrons. The first-order chi connectivity index (χ1) is 8.68. The molecule has 0 fully saturated rings. The zero-order valence-electron chi connectivity index (χ0n) is 11.0. The number of pyridine rings is 1. The number of nitrogens with zero attached hydrogens (tertiary/aromatic N) is 2. The highest BCUT2D eigenvalue weighted by atomic mass is 16.2. The van der Waals surface area contributed by atoms with E-state index in [0.29, 0.717) is 18.9 Å². The Morgan fingerprint density at radius 3 is 3.00 bits per heavy atom. The fraction of sp³-hybridized carbons (Fsp3) is 0.467. The molecule has 96 valence electrons. The van der Waals surface area contributed by atoms with Gasteiger partial charge in [0.25, 0.3) is 0 Å². The molecule has 0 aliphatic carbocycles. The van der Waals surface area contributed by atoms with E-state index in [1.807, 2.05) is 23.2 Å². The number of amides is 1. The Balaban J connectivity index is 2.17. The van der Waals surface area contributed by atoms with Crippen LogP contribution in [-0.2, 0) is 4.79 Å². The van der Waals surface area contributed by atoms with Crippen LogP contribution in [-0.4, -0.2) is 22.3 Å². The van der Waals surface area contributed by atoms with Gasteiger partial charge in [0.15, 0.2) is 0 Å². The summed E-state index contributed by atoms with van der Waals surface area (Å²) in [6.45, 7) is 4.87. The van der Waals surface area contributed by atoms with Crippen molar-refractivity contribution in [3.05, 3.63) is 42.2 Å². The van der Waals surface area contributed by atoms with Gasteiger partial charge < -0.3 is 4.90 Å². The summed E-state index contributed by atoms with van der Waals surface area (Å²) in [4.78, 5) is 18.4. The third kappa shape index (κ3) is 2.97. The maximum absolute atomic E-state index is 12.3. The number of carbonyl (C=O) groups excluding carboxylic acids is 1. The van der Waals surface area contributed by atoms with Gasteiger partial charge in [-0.15, -0.1) is 0 Å². The largest absolute Gasteiger partial charge is 0.332 e. The van der Waals surface area contributed by atoms with Crippen LogP contribution in [0.4, 0.5) is 0 Å². The van der Waals surface area contributed by atoms with Crippen LogP contribution >= 0.6 is 0 Å². The number of hydrogen-bond donors (Lipinski definition) is 0. The van der Waals surface area contributed by atoms with E-state index >= 15 is 0 Å². The van der Waals surface area contributed by atoms with E-state index in [1.54, 1.807) is 6.20 Å². The minimum absolute atomic E-state index is 0.148. The second-order valence-electron chi connectivity index (χ2n) is 5.15. The topological polar surface area (TPSA) is 33.2 Å². The molecule has 1 unspecified atom stereocenters.